The topological polar surface area (TPSA) is 300 Å². The summed E-state index contributed by atoms with van der Waals surface area (Å²) in [6.07, 6.45) is 1.26. The van der Waals surface area contributed by atoms with Crippen LogP contribution in [-0.2, 0) is 25.6 Å². The Morgan fingerprint density at radius 1 is 0.767 bits per heavy atom. The summed E-state index contributed by atoms with van der Waals surface area (Å²) in [6.45, 7) is 4.18. The number of benzene rings is 1. The lowest BCUT2D eigenvalue weighted by Crippen LogP contribution is -2.57. The van der Waals surface area contributed by atoms with Crippen molar-refractivity contribution < 1.29 is 29.4 Å². The lowest BCUT2D eigenvalue weighted by molar-refractivity contribution is -0.142. The fraction of sp³-hybridized carbons (Fsp3) is 0.556. The summed E-state index contributed by atoms with van der Waals surface area (Å²) in [5, 5.41) is 27.0. The lowest BCUT2D eigenvalue weighted by Gasteiger charge is -2.26. The van der Waals surface area contributed by atoms with Crippen LogP contribution >= 0.6 is 0 Å². The van der Waals surface area contributed by atoms with Crippen LogP contribution in [0.25, 0.3) is 0 Å². The summed E-state index contributed by atoms with van der Waals surface area (Å²) in [4.78, 5) is 59.1. The van der Waals surface area contributed by atoms with Crippen LogP contribution in [0.4, 0.5) is 0 Å². The number of carbonyl (C=O) groups excluding carboxylic acids is 3. The van der Waals surface area contributed by atoms with Gasteiger partial charge in [0.2, 0.25) is 17.7 Å². The molecular weight excluding hydrogens is 560 g/mol. The first kappa shape index (κ1) is 36.4. The number of carboxylic acids is 1. The standard InChI is InChI=1S/C27H46N10O6/c1-15(2)13-20(36-22(39)18(28)5-3-11-33-26(29)30)24(41)35-19(6-4-12-34-27(31)32)23(40)37-21(25(42)43)14-16-7-9-17(38)10-8-16/h7-10,15,18-21,38H,3-6,11-14,28H2,1-2H3,(H,35,41)(H,36,39)(H,37,40)(H,42,43)(H4,29,30,33)(H4,31,32,34). The Kier molecular flexibility index (Phi) is 15.9. The van der Waals surface area contributed by atoms with Crippen molar-refractivity contribution in [3.8, 4) is 5.75 Å². The summed E-state index contributed by atoms with van der Waals surface area (Å²) in [5.74, 6) is -3.43. The molecule has 0 aliphatic rings. The molecule has 43 heavy (non-hydrogen) atoms. The number of guanidine groups is 2. The number of carboxylic acid groups (broad SMARTS) is 1. The van der Waals surface area contributed by atoms with Crippen molar-refractivity contribution in [3.05, 3.63) is 29.8 Å². The van der Waals surface area contributed by atoms with Crippen LogP contribution in [-0.4, -0.2) is 83.1 Å². The van der Waals surface area contributed by atoms with Crippen molar-refractivity contribution in [1.29, 1.82) is 0 Å². The highest BCUT2D eigenvalue weighted by atomic mass is 16.4. The van der Waals surface area contributed by atoms with Gasteiger partial charge in [0.25, 0.3) is 0 Å². The van der Waals surface area contributed by atoms with Crippen molar-refractivity contribution in [2.75, 3.05) is 13.1 Å². The van der Waals surface area contributed by atoms with Gasteiger partial charge < -0.3 is 54.8 Å². The summed E-state index contributed by atoms with van der Waals surface area (Å²) in [7, 11) is 0. The summed E-state index contributed by atoms with van der Waals surface area (Å²) >= 11 is 0. The Labute approximate surface area is 250 Å². The Hall–Kier alpha value is -4.60. The molecule has 0 saturated heterocycles. The third-order valence-corrected chi connectivity index (χ3v) is 6.21. The third kappa shape index (κ3) is 15.3. The molecular formula is C27H46N10O6. The number of nitrogens with one attached hydrogen (secondary N) is 3. The minimum Gasteiger partial charge on any atom is -0.508 e. The number of rotatable bonds is 19. The minimum atomic E-state index is -1.32. The van der Waals surface area contributed by atoms with Crippen molar-refractivity contribution in [2.45, 2.75) is 76.5 Å². The predicted molar refractivity (Wildman–Crippen MR) is 162 cm³/mol. The van der Waals surface area contributed by atoms with Gasteiger partial charge in [-0.25, -0.2) is 4.79 Å². The molecule has 0 radical (unpaired) electrons. The van der Waals surface area contributed by atoms with Gasteiger partial charge in [0.15, 0.2) is 11.9 Å². The minimum absolute atomic E-state index is 0.00927. The molecule has 1 rings (SSSR count). The van der Waals surface area contributed by atoms with Gasteiger partial charge in [-0.05, 0) is 55.7 Å². The average Bonchev–Trinajstić information content (AvgIpc) is 2.92. The zero-order valence-electron chi connectivity index (χ0n) is 24.7. The molecule has 1 aromatic carbocycles. The van der Waals surface area contributed by atoms with Crippen LogP contribution < -0.4 is 44.6 Å². The molecule has 16 nitrogen and oxygen atoms in total. The van der Waals surface area contributed by atoms with E-state index in [1.165, 1.54) is 24.3 Å². The molecule has 4 unspecified atom stereocenters. The van der Waals surface area contributed by atoms with E-state index < -0.39 is 47.9 Å². The Morgan fingerprint density at radius 2 is 1.26 bits per heavy atom. The van der Waals surface area contributed by atoms with E-state index in [0.29, 0.717) is 18.5 Å². The molecule has 0 fully saturated rings. The van der Waals surface area contributed by atoms with Crippen LogP contribution in [0.15, 0.2) is 34.3 Å². The van der Waals surface area contributed by atoms with Gasteiger partial charge in [-0.1, -0.05) is 26.0 Å². The van der Waals surface area contributed by atoms with E-state index in [1.807, 2.05) is 13.8 Å². The summed E-state index contributed by atoms with van der Waals surface area (Å²) in [5.41, 5.74) is 27.9. The van der Waals surface area contributed by atoms with Crippen molar-refractivity contribution in [1.82, 2.24) is 16.0 Å². The Bertz CT molecular complexity index is 1120. The van der Waals surface area contributed by atoms with Gasteiger partial charge in [0.05, 0.1) is 6.04 Å². The first-order chi connectivity index (χ1) is 20.2. The molecule has 1 aromatic rings. The van der Waals surface area contributed by atoms with Crippen molar-refractivity contribution >= 4 is 35.6 Å². The van der Waals surface area contributed by atoms with Gasteiger partial charge >= 0.3 is 5.97 Å². The summed E-state index contributed by atoms with van der Waals surface area (Å²) < 4.78 is 0. The normalized spacial score (nSPS) is 13.6. The lowest BCUT2D eigenvalue weighted by atomic mass is 10.0. The van der Waals surface area contributed by atoms with Crippen LogP contribution in [0.1, 0.15) is 51.5 Å². The fourth-order valence-electron chi connectivity index (χ4n) is 4.02. The SMILES string of the molecule is CC(C)CC(NC(=O)C(N)CCCN=C(N)N)C(=O)NC(CCCN=C(N)N)C(=O)NC(Cc1ccc(O)cc1)C(=O)O. The number of aliphatic imine (C=N–C) groups is 2. The van der Waals surface area contributed by atoms with E-state index in [-0.39, 0.29) is 62.2 Å². The van der Waals surface area contributed by atoms with Gasteiger partial charge in [0, 0.05) is 19.5 Å². The molecule has 240 valence electrons. The van der Waals surface area contributed by atoms with E-state index in [0.717, 1.165) is 0 Å². The van der Waals surface area contributed by atoms with E-state index >= 15 is 0 Å². The Balaban J connectivity index is 3.04. The number of aliphatic carboxylic acids is 1. The second-order valence-corrected chi connectivity index (χ2v) is 10.5. The van der Waals surface area contributed by atoms with Gasteiger partial charge in [-0.15, -0.1) is 0 Å². The number of carbonyl (C=O) groups is 4. The second kappa shape index (κ2) is 18.8. The molecule has 0 aliphatic heterocycles. The maximum Gasteiger partial charge on any atom is 0.326 e. The second-order valence-electron chi connectivity index (χ2n) is 10.5. The zero-order valence-corrected chi connectivity index (χ0v) is 24.7. The molecule has 0 heterocycles. The third-order valence-electron chi connectivity index (χ3n) is 6.21. The van der Waals surface area contributed by atoms with Crippen LogP contribution in [0.2, 0.25) is 0 Å². The quantitative estimate of drug-likeness (QED) is 0.0464. The van der Waals surface area contributed by atoms with Crippen LogP contribution in [0.3, 0.4) is 0 Å². The number of phenols is 1. The highest BCUT2D eigenvalue weighted by Crippen LogP contribution is 2.12. The van der Waals surface area contributed by atoms with Crippen LogP contribution in [0, 0.1) is 5.92 Å². The van der Waals surface area contributed by atoms with Gasteiger partial charge in [-0.2, -0.15) is 0 Å². The molecule has 0 spiro atoms. The van der Waals surface area contributed by atoms with Gasteiger partial charge in [-0.3, -0.25) is 24.4 Å². The average molecular weight is 607 g/mol. The predicted octanol–water partition coefficient (Wildman–Crippen LogP) is -2.05. The molecule has 0 aromatic heterocycles. The molecule has 3 amide bonds. The van der Waals surface area contributed by atoms with Crippen LogP contribution in [0.5, 0.6) is 5.75 Å². The molecule has 0 saturated carbocycles. The smallest absolute Gasteiger partial charge is 0.326 e. The molecule has 0 aliphatic carbocycles. The number of aromatic hydroxyl groups is 1. The van der Waals surface area contributed by atoms with E-state index in [1.54, 1.807) is 0 Å². The molecule has 4 atom stereocenters. The largest absolute Gasteiger partial charge is 0.508 e. The number of nitrogens with two attached hydrogens (primary N) is 5. The molecule has 15 N–H and O–H groups in total. The number of nitrogens with zero attached hydrogens (tertiary/aromatic N) is 2. The van der Waals surface area contributed by atoms with E-state index in [9.17, 15) is 29.4 Å². The highest BCUT2D eigenvalue weighted by molar-refractivity contribution is 5.94. The first-order valence-electron chi connectivity index (χ1n) is 14.0. The highest BCUT2D eigenvalue weighted by Gasteiger charge is 2.30. The maximum absolute atomic E-state index is 13.4. The Morgan fingerprint density at radius 3 is 1.77 bits per heavy atom. The van der Waals surface area contributed by atoms with Crippen molar-refractivity contribution in [3.63, 3.8) is 0 Å². The molecule has 16 heteroatoms. The number of hydrogen-bond donors (Lipinski definition) is 10. The fourth-order valence-corrected chi connectivity index (χ4v) is 4.02. The monoisotopic (exact) mass is 606 g/mol. The van der Waals surface area contributed by atoms with E-state index in [2.05, 4.69) is 25.9 Å². The number of phenolic OH excluding ortho intramolecular Hbond substituents is 1. The molecule has 0 bridgehead atoms. The zero-order chi connectivity index (χ0) is 32.5. The van der Waals surface area contributed by atoms with Crippen molar-refractivity contribution in [2.24, 2.45) is 44.6 Å². The summed E-state index contributed by atoms with van der Waals surface area (Å²) in [6, 6.07) is 1.46. The maximum atomic E-state index is 13.4. The number of hydrogen-bond acceptors (Lipinski definition) is 8. The first-order valence-corrected chi connectivity index (χ1v) is 14.0. The van der Waals surface area contributed by atoms with Gasteiger partial charge in [0.1, 0.15) is 23.9 Å². The van der Waals surface area contributed by atoms with E-state index in [4.69, 9.17) is 28.7 Å². The number of amides is 3.